The predicted molar refractivity (Wildman–Crippen MR) is 76.6 cm³/mol. The van der Waals surface area contributed by atoms with E-state index in [9.17, 15) is 0 Å². The van der Waals surface area contributed by atoms with Gasteiger partial charge in [-0.25, -0.2) is 0 Å². The lowest BCUT2D eigenvalue weighted by Crippen LogP contribution is -2.09. The van der Waals surface area contributed by atoms with Crippen LogP contribution in [0, 0.1) is 0 Å². The van der Waals surface area contributed by atoms with Crippen molar-refractivity contribution in [3.63, 3.8) is 0 Å². The van der Waals surface area contributed by atoms with Crippen LogP contribution in [0.15, 0.2) is 85.0 Å². The van der Waals surface area contributed by atoms with E-state index in [-0.39, 0.29) is 0 Å². The lowest BCUT2D eigenvalue weighted by Gasteiger charge is -2.25. The highest BCUT2D eigenvalue weighted by atomic mass is 14.2. The summed E-state index contributed by atoms with van der Waals surface area (Å²) in [5, 5.41) is 0. The molecule has 2 unspecified atom stereocenters. The molecule has 0 aliphatic heterocycles. The summed E-state index contributed by atoms with van der Waals surface area (Å²) in [6.45, 7) is 0. The average molecular weight is 232 g/mol. The summed E-state index contributed by atoms with van der Waals surface area (Å²) in [4.78, 5) is 0. The molecule has 0 amide bonds. The normalized spacial score (nSPS) is 22.0. The fourth-order valence-corrected chi connectivity index (χ4v) is 2.59. The van der Waals surface area contributed by atoms with Gasteiger partial charge in [0, 0.05) is 11.8 Å². The zero-order valence-electron chi connectivity index (χ0n) is 10.2. The maximum atomic E-state index is 2.30. The van der Waals surface area contributed by atoms with Crippen LogP contribution in [0.4, 0.5) is 0 Å². The monoisotopic (exact) mass is 232 g/mol. The number of allylic oxidation sites excluding steroid dienone is 4. The Kier molecular flexibility index (Phi) is 3.10. The second-order valence-corrected chi connectivity index (χ2v) is 4.64. The summed E-state index contributed by atoms with van der Waals surface area (Å²) in [5.41, 5.74) is 2.76. The van der Waals surface area contributed by atoms with E-state index < -0.39 is 0 Å². The summed E-state index contributed by atoms with van der Waals surface area (Å²) >= 11 is 0. The van der Waals surface area contributed by atoms with Crippen molar-refractivity contribution in [1.29, 1.82) is 0 Å². The van der Waals surface area contributed by atoms with Crippen molar-refractivity contribution in [2.45, 2.75) is 11.8 Å². The van der Waals surface area contributed by atoms with Crippen LogP contribution in [0.3, 0.4) is 0 Å². The van der Waals surface area contributed by atoms with E-state index in [4.69, 9.17) is 0 Å². The molecule has 3 rings (SSSR count). The summed E-state index contributed by atoms with van der Waals surface area (Å²) in [7, 11) is 0. The zero-order valence-corrected chi connectivity index (χ0v) is 10.2. The molecular weight excluding hydrogens is 216 g/mol. The van der Waals surface area contributed by atoms with Crippen molar-refractivity contribution in [2.75, 3.05) is 0 Å². The molecule has 1 aliphatic carbocycles. The van der Waals surface area contributed by atoms with E-state index in [1.54, 1.807) is 0 Å². The van der Waals surface area contributed by atoms with Crippen molar-refractivity contribution in [1.82, 2.24) is 0 Å². The Hall–Kier alpha value is -2.08. The molecule has 2 aromatic rings. The average Bonchev–Trinajstić information content (AvgIpc) is 2.49. The highest BCUT2D eigenvalue weighted by molar-refractivity contribution is 5.38. The molecule has 1 aliphatic rings. The summed E-state index contributed by atoms with van der Waals surface area (Å²) in [6, 6.07) is 21.5. The fourth-order valence-electron chi connectivity index (χ4n) is 2.59. The van der Waals surface area contributed by atoms with E-state index in [1.165, 1.54) is 11.1 Å². The molecule has 18 heavy (non-hydrogen) atoms. The molecule has 0 N–H and O–H groups in total. The van der Waals surface area contributed by atoms with Crippen molar-refractivity contribution in [2.24, 2.45) is 0 Å². The number of hydrogen-bond acceptors (Lipinski definition) is 0. The SMILES string of the molecule is C1=CC(c2ccccc2)C(c2ccccc2)C=C1. The molecule has 88 valence electrons. The first-order valence-corrected chi connectivity index (χ1v) is 6.40. The third-order valence-corrected chi connectivity index (χ3v) is 3.50. The molecule has 2 atom stereocenters. The first kappa shape index (κ1) is 11.0. The molecular formula is C18H16. The summed E-state index contributed by atoms with van der Waals surface area (Å²) in [5.74, 6) is 0.886. The minimum absolute atomic E-state index is 0.443. The Morgan fingerprint density at radius 3 is 1.28 bits per heavy atom. The molecule has 2 aromatic carbocycles. The van der Waals surface area contributed by atoms with Gasteiger partial charge in [0.05, 0.1) is 0 Å². The summed E-state index contributed by atoms with van der Waals surface area (Å²) in [6.07, 6.45) is 8.90. The minimum Gasteiger partial charge on any atom is -0.0761 e. The Labute approximate surface area is 108 Å². The van der Waals surface area contributed by atoms with Crippen LogP contribution in [0.5, 0.6) is 0 Å². The fraction of sp³-hybridized carbons (Fsp3) is 0.111. The zero-order chi connectivity index (χ0) is 12.2. The van der Waals surface area contributed by atoms with Gasteiger partial charge in [-0.1, -0.05) is 85.0 Å². The number of rotatable bonds is 2. The molecule has 0 saturated heterocycles. The van der Waals surface area contributed by atoms with E-state index in [0.29, 0.717) is 11.8 Å². The van der Waals surface area contributed by atoms with E-state index in [2.05, 4.69) is 85.0 Å². The van der Waals surface area contributed by atoms with Crippen LogP contribution in [-0.2, 0) is 0 Å². The van der Waals surface area contributed by atoms with Gasteiger partial charge in [-0.15, -0.1) is 0 Å². The molecule has 0 bridgehead atoms. The maximum absolute atomic E-state index is 2.30. The van der Waals surface area contributed by atoms with Gasteiger partial charge in [0.15, 0.2) is 0 Å². The largest absolute Gasteiger partial charge is 0.0761 e. The lowest BCUT2D eigenvalue weighted by atomic mass is 9.79. The van der Waals surface area contributed by atoms with Gasteiger partial charge in [0.25, 0.3) is 0 Å². The second kappa shape index (κ2) is 5.05. The third-order valence-electron chi connectivity index (χ3n) is 3.50. The summed E-state index contributed by atoms with van der Waals surface area (Å²) < 4.78 is 0. The van der Waals surface area contributed by atoms with E-state index >= 15 is 0 Å². The van der Waals surface area contributed by atoms with Crippen LogP contribution < -0.4 is 0 Å². The molecule has 0 aromatic heterocycles. The molecule has 0 radical (unpaired) electrons. The van der Waals surface area contributed by atoms with Crippen molar-refractivity contribution in [3.05, 3.63) is 96.1 Å². The van der Waals surface area contributed by atoms with Crippen molar-refractivity contribution in [3.8, 4) is 0 Å². The van der Waals surface area contributed by atoms with Gasteiger partial charge in [-0.3, -0.25) is 0 Å². The van der Waals surface area contributed by atoms with Gasteiger partial charge < -0.3 is 0 Å². The molecule has 0 heterocycles. The molecule has 0 saturated carbocycles. The van der Waals surface area contributed by atoms with Crippen molar-refractivity contribution < 1.29 is 0 Å². The molecule has 0 heteroatoms. The smallest absolute Gasteiger partial charge is 0.0125 e. The number of benzene rings is 2. The standard InChI is InChI=1S/C18H16/c1-3-9-15(10-4-1)17-13-7-8-14-18(17)16-11-5-2-6-12-16/h1-14,17-18H. The van der Waals surface area contributed by atoms with Gasteiger partial charge in [-0.05, 0) is 11.1 Å². The Bertz CT molecular complexity index is 496. The first-order valence-electron chi connectivity index (χ1n) is 6.40. The molecule has 0 fully saturated rings. The maximum Gasteiger partial charge on any atom is 0.0125 e. The predicted octanol–water partition coefficient (Wildman–Crippen LogP) is 4.68. The third kappa shape index (κ3) is 2.14. The van der Waals surface area contributed by atoms with Crippen LogP contribution >= 0.6 is 0 Å². The first-order chi connectivity index (χ1) is 8.95. The Balaban J connectivity index is 1.98. The molecule has 0 nitrogen and oxygen atoms in total. The number of hydrogen-bond donors (Lipinski definition) is 0. The highest BCUT2D eigenvalue weighted by Crippen LogP contribution is 2.37. The molecule has 0 spiro atoms. The van der Waals surface area contributed by atoms with Gasteiger partial charge in [0.2, 0.25) is 0 Å². The van der Waals surface area contributed by atoms with Crippen LogP contribution in [0.1, 0.15) is 23.0 Å². The second-order valence-electron chi connectivity index (χ2n) is 4.64. The van der Waals surface area contributed by atoms with Crippen LogP contribution in [0.2, 0.25) is 0 Å². The van der Waals surface area contributed by atoms with Crippen molar-refractivity contribution >= 4 is 0 Å². The van der Waals surface area contributed by atoms with Crippen LogP contribution in [-0.4, -0.2) is 0 Å². The van der Waals surface area contributed by atoms with Gasteiger partial charge in [0.1, 0.15) is 0 Å². The highest BCUT2D eigenvalue weighted by Gasteiger charge is 2.21. The lowest BCUT2D eigenvalue weighted by molar-refractivity contribution is 0.730. The van der Waals surface area contributed by atoms with E-state index in [0.717, 1.165) is 0 Å². The van der Waals surface area contributed by atoms with E-state index in [1.807, 2.05) is 0 Å². The Morgan fingerprint density at radius 1 is 0.500 bits per heavy atom. The van der Waals surface area contributed by atoms with Crippen LogP contribution in [0.25, 0.3) is 0 Å². The Morgan fingerprint density at radius 2 is 0.889 bits per heavy atom. The van der Waals surface area contributed by atoms with Gasteiger partial charge in [-0.2, -0.15) is 0 Å². The van der Waals surface area contributed by atoms with Gasteiger partial charge >= 0.3 is 0 Å². The quantitative estimate of drug-likeness (QED) is 0.705. The topological polar surface area (TPSA) is 0 Å². The minimum atomic E-state index is 0.443.